The van der Waals surface area contributed by atoms with Gasteiger partial charge in [-0.2, -0.15) is 13.2 Å². The molecule has 0 radical (unpaired) electrons. The van der Waals surface area contributed by atoms with Crippen LogP contribution in [0.5, 0.6) is 0 Å². The molecule has 1 saturated carbocycles. The second-order valence-electron chi connectivity index (χ2n) is 4.74. The van der Waals surface area contributed by atoms with Gasteiger partial charge in [0.15, 0.2) is 0 Å². The lowest BCUT2D eigenvalue weighted by Gasteiger charge is -2.07. The van der Waals surface area contributed by atoms with E-state index in [1.807, 2.05) is 30.3 Å². The number of ketones is 1. The zero-order valence-corrected chi connectivity index (χ0v) is 10.3. The third-order valence-electron chi connectivity index (χ3n) is 3.19. The maximum Gasteiger partial charge on any atom is 0.411 e. The number of ether oxygens (including phenoxy) is 1. The normalized spacial score (nSPS) is 22.3. The average Bonchev–Trinajstić information content (AvgIpc) is 3.14. The Kier molecular flexibility index (Phi) is 4.24. The molecule has 2 unspecified atom stereocenters. The molecule has 0 amide bonds. The fourth-order valence-electron chi connectivity index (χ4n) is 2.17. The zero-order chi connectivity index (χ0) is 13.9. The van der Waals surface area contributed by atoms with Crippen LogP contribution in [0.3, 0.4) is 0 Å². The van der Waals surface area contributed by atoms with Gasteiger partial charge in [-0.05, 0) is 17.9 Å². The van der Waals surface area contributed by atoms with Gasteiger partial charge in [0.2, 0.25) is 0 Å². The molecule has 0 aliphatic heterocycles. The third kappa shape index (κ3) is 4.35. The third-order valence-corrected chi connectivity index (χ3v) is 3.19. The lowest BCUT2D eigenvalue weighted by atomic mass is 10.1. The highest BCUT2D eigenvalue weighted by Crippen LogP contribution is 2.48. The van der Waals surface area contributed by atoms with Crippen LogP contribution in [0, 0.1) is 5.92 Å². The summed E-state index contributed by atoms with van der Waals surface area (Å²) in [5.41, 5.74) is 1.12. The summed E-state index contributed by atoms with van der Waals surface area (Å²) < 4.78 is 39.9. The van der Waals surface area contributed by atoms with Crippen molar-refractivity contribution in [3.8, 4) is 0 Å². The number of hydrogen-bond acceptors (Lipinski definition) is 2. The molecule has 0 saturated heterocycles. The fraction of sp³-hybridized carbons (Fsp3) is 0.500. The summed E-state index contributed by atoms with van der Waals surface area (Å²) in [6.45, 7) is -1.44. The van der Waals surface area contributed by atoms with Crippen LogP contribution in [0.15, 0.2) is 30.3 Å². The van der Waals surface area contributed by atoms with E-state index < -0.39 is 12.8 Å². The molecule has 2 nitrogen and oxygen atoms in total. The molecule has 0 N–H and O–H groups in total. The van der Waals surface area contributed by atoms with Gasteiger partial charge in [0.05, 0.1) is 6.61 Å². The molecule has 19 heavy (non-hydrogen) atoms. The summed E-state index contributed by atoms with van der Waals surface area (Å²) in [6.07, 6.45) is -3.47. The minimum Gasteiger partial charge on any atom is -0.372 e. The summed E-state index contributed by atoms with van der Waals surface area (Å²) in [4.78, 5) is 11.8. The molecule has 0 aromatic heterocycles. The van der Waals surface area contributed by atoms with E-state index in [1.54, 1.807) is 0 Å². The van der Waals surface area contributed by atoms with E-state index in [0.29, 0.717) is 0 Å². The van der Waals surface area contributed by atoms with Crippen molar-refractivity contribution in [1.82, 2.24) is 0 Å². The van der Waals surface area contributed by atoms with Crippen molar-refractivity contribution >= 4 is 5.78 Å². The molecule has 2 atom stereocenters. The lowest BCUT2D eigenvalue weighted by molar-refractivity contribution is -0.174. The predicted molar refractivity (Wildman–Crippen MR) is 63.8 cm³/mol. The van der Waals surface area contributed by atoms with E-state index in [0.717, 1.165) is 12.0 Å². The van der Waals surface area contributed by atoms with Crippen molar-refractivity contribution in [2.75, 3.05) is 13.2 Å². The van der Waals surface area contributed by atoms with E-state index in [2.05, 4.69) is 4.74 Å². The zero-order valence-electron chi connectivity index (χ0n) is 10.3. The Morgan fingerprint density at radius 3 is 2.58 bits per heavy atom. The summed E-state index contributed by atoms with van der Waals surface area (Å²) in [5, 5.41) is 0. The summed E-state index contributed by atoms with van der Waals surface area (Å²) in [7, 11) is 0. The van der Waals surface area contributed by atoms with Crippen molar-refractivity contribution in [3.63, 3.8) is 0 Å². The maximum atomic E-state index is 11.8. The Labute approximate surface area is 109 Å². The number of alkyl halides is 3. The largest absolute Gasteiger partial charge is 0.411 e. The standard InChI is InChI=1S/C14H15F3O2/c15-14(16,17)9-19-7-6-13(18)12-8-11(12)10-4-2-1-3-5-10/h1-5,11-12H,6-9H2. The van der Waals surface area contributed by atoms with E-state index in [-0.39, 0.29) is 30.6 Å². The van der Waals surface area contributed by atoms with Crippen LogP contribution in [0.25, 0.3) is 0 Å². The van der Waals surface area contributed by atoms with E-state index >= 15 is 0 Å². The Balaban J connectivity index is 1.69. The van der Waals surface area contributed by atoms with Crippen LogP contribution in [-0.4, -0.2) is 25.2 Å². The molecule has 104 valence electrons. The Morgan fingerprint density at radius 1 is 1.26 bits per heavy atom. The molecule has 1 aliphatic rings. The maximum absolute atomic E-state index is 11.8. The number of hydrogen-bond donors (Lipinski definition) is 0. The Bertz CT molecular complexity index is 428. The van der Waals surface area contributed by atoms with Crippen LogP contribution in [-0.2, 0) is 9.53 Å². The first-order valence-corrected chi connectivity index (χ1v) is 6.19. The van der Waals surface area contributed by atoms with Gasteiger partial charge in [-0.15, -0.1) is 0 Å². The van der Waals surface area contributed by atoms with Gasteiger partial charge in [0.25, 0.3) is 0 Å². The SMILES string of the molecule is O=C(CCOCC(F)(F)F)C1CC1c1ccccc1. The second-order valence-corrected chi connectivity index (χ2v) is 4.74. The smallest absolute Gasteiger partial charge is 0.372 e. The monoisotopic (exact) mass is 272 g/mol. The summed E-state index contributed by atoms with van der Waals surface area (Å²) >= 11 is 0. The van der Waals surface area contributed by atoms with Crippen LogP contribution in [0.1, 0.15) is 24.3 Å². The highest BCUT2D eigenvalue weighted by molar-refractivity contribution is 5.85. The van der Waals surface area contributed by atoms with Gasteiger partial charge in [-0.25, -0.2) is 0 Å². The number of carbonyl (C=O) groups excluding carboxylic acids is 1. The van der Waals surface area contributed by atoms with Gasteiger partial charge < -0.3 is 4.74 Å². The lowest BCUT2D eigenvalue weighted by Crippen LogP contribution is -2.18. The molecular formula is C14H15F3O2. The van der Waals surface area contributed by atoms with Crippen molar-refractivity contribution in [2.45, 2.75) is 24.9 Å². The van der Waals surface area contributed by atoms with Crippen molar-refractivity contribution in [2.24, 2.45) is 5.92 Å². The van der Waals surface area contributed by atoms with Crippen molar-refractivity contribution in [3.05, 3.63) is 35.9 Å². The number of Topliss-reactive ketones (excluding diaryl/α,β-unsaturated/α-hetero) is 1. The van der Waals surface area contributed by atoms with E-state index in [9.17, 15) is 18.0 Å². The van der Waals surface area contributed by atoms with Crippen molar-refractivity contribution < 1.29 is 22.7 Å². The molecule has 0 spiro atoms. The number of halogens is 3. The van der Waals surface area contributed by atoms with Gasteiger partial charge in [0.1, 0.15) is 12.4 Å². The first kappa shape index (κ1) is 14.1. The Morgan fingerprint density at radius 2 is 1.95 bits per heavy atom. The molecule has 0 bridgehead atoms. The molecule has 1 aliphatic carbocycles. The van der Waals surface area contributed by atoms with Crippen LogP contribution in [0.2, 0.25) is 0 Å². The minimum absolute atomic E-state index is 0.00368. The van der Waals surface area contributed by atoms with Gasteiger partial charge >= 0.3 is 6.18 Å². The molecule has 2 rings (SSSR count). The highest BCUT2D eigenvalue weighted by atomic mass is 19.4. The molecule has 5 heteroatoms. The van der Waals surface area contributed by atoms with Gasteiger partial charge in [-0.1, -0.05) is 30.3 Å². The first-order chi connectivity index (χ1) is 8.97. The minimum atomic E-state index is -4.32. The van der Waals surface area contributed by atoms with Gasteiger partial charge in [-0.3, -0.25) is 4.79 Å². The molecular weight excluding hydrogens is 257 g/mol. The molecule has 1 aromatic carbocycles. The quantitative estimate of drug-likeness (QED) is 0.742. The summed E-state index contributed by atoms with van der Waals surface area (Å²) in [6, 6.07) is 9.69. The molecule has 0 heterocycles. The first-order valence-electron chi connectivity index (χ1n) is 6.19. The second kappa shape index (κ2) is 5.74. The topological polar surface area (TPSA) is 26.3 Å². The molecule has 1 aromatic rings. The highest BCUT2D eigenvalue weighted by Gasteiger charge is 2.43. The summed E-state index contributed by atoms with van der Waals surface area (Å²) in [5.74, 6) is 0.184. The average molecular weight is 272 g/mol. The number of carbonyl (C=O) groups is 1. The van der Waals surface area contributed by atoms with E-state index in [1.165, 1.54) is 0 Å². The van der Waals surface area contributed by atoms with Crippen LogP contribution >= 0.6 is 0 Å². The van der Waals surface area contributed by atoms with Gasteiger partial charge in [0, 0.05) is 12.3 Å². The van der Waals surface area contributed by atoms with E-state index in [4.69, 9.17) is 0 Å². The molecule has 1 fully saturated rings. The fourth-order valence-corrected chi connectivity index (χ4v) is 2.17. The number of rotatable bonds is 6. The van der Waals surface area contributed by atoms with Crippen LogP contribution in [0.4, 0.5) is 13.2 Å². The number of benzene rings is 1. The van der Waals surface area contributed by atoms with Crippen LogP contribution < -0.4 is 0 Å². The predicted octanol–water partition coefficient (Wildman–Crippen LogP) is 3.33. The Hall–Kier alpha value is -1.36. The van der Waals surface area contributed by atoms with Crippen molar-refractivity contribution in [1.29, 1.82) is 0 Å².